The van der Waals surface area contributed by atoms with Gasteiger partial charge in [-0.05, 0) is 41.8 Å². The van der Waals surface area contributed by atoms with Crippen LogP contribution in [0.1, 0.15) is 32.9 Å². The molecule has 0 aliphatic heterocycles. The van der Waals surface area contributed by atoms with Crippen molar-refractivity contribution in [2.75, 3.05) is 0 Å². The molecule has 3 aromatic rings. The Balaban J connectivity index is 1.87. The number of nitrogens with zero attached hydrogens (tertiary/aromatic N) is 3. The number of hydrogen-bond acceptors (Lipinski definition) is 3. The third-order valence-electron chi connectivity index (χ3n) is 4.29. The average Bonchev–Trinajstić information content (AvgIpc) is 3.05. The lowest BCUT2D eigenvalue weighted by Gasteiger charge is -2.05. The summed E-state index contributed by atoms with van der Waals surface area (Å²) < 4.78 is 1.86. The Morgan fingerprint density at radius 2 is 2.13 bits per heavy atom. The quantitative estimate of drug-likeness (QED) is 0.790. The highest BCUT2D eigenvalue weighted by atomic mass is 16.4. The lowest BCUT2D eigenvalue weighted by Crippen LogP contribution is -2.04. The lowest BCUT2D eigenvalue weighted by molar-refractivity contribution is 0.0695. The van der Waals surface area contributed by atoms with Crippen LogP contribution in [0.3, 0.4) is 0 Å². The molecule has 5 nitrogen and oxygen atoms in total. The molecule has 0 atom stereocenters. The summed E-state index contributed by atoms with van der Waals surface area (Å²) in [6, 6.07) is 7.75. The van der Waals surface area contributed by atoms with Crippen LogP contribution >= 0.6 is 0 Å². The van der Waals surface area contributed by atoms with Gasteiger partial charge in [0.05, 0.1) is 22.5 Å². The lowest BCUT2D eigenvalue weighted by atomic mass is 10.0. The summed E-state index contributed by atoms with van der Waals surface area (Å²) in [5, 5.41) is 15.0. The summed E-state index contributed by atoms with van der Waals surface area (Å²) in [6.07, 6.45) is 4.08. The highest BCUT2D eigenvalue weighted by Crippen LogP contribution is 2.35. The zero-order valence-electron chi connectivity index (χ0n) is 12.9. The minimum atomic E-state index is -0.913. The number of carboxylic acids is 1. The molecule has 0 radical (unpaired) electrons. The van der Waals surface area contributed by atoms with Crippen molar-refractivity contribution in [3.8, 4) is 0 Å². The topological polar surface area (TPSA) is 68.0 Å². The van der Waals surface area contributed by atoms with Gasteiger partial charge in [0.2, 0.25) is 0 Å². The molecule has 0 fully saturated rings. The normalized spacial score (nSPS) is 13.2. The first-order valence-electron chi connectivity index (χ1n) is 7.40. The number of aromatic carboxylic acids is 1. The van der Waals surface area contributed by atoms with Gasteiger partial charge in [0.15, 0.2) is 0 Å². The van der Waals surface area contributed by atoms with Crippen LogP contribution in [0.25, 0.3) is 22.6 Å². The molecule has 0 saturated heterocycles. The fourth-order valence-electron chi connectivity index (χ4n) is 3.27. The number of hydrogen-bond donors (Lipinski definition) is 1. The maximum Gasteiger partial charge on any atom is 0.336 e. The fraction of sp³-hybridized carbons (Fsp3) is 0.167. The van der Waals surface area contributed by atoms with Crippen LogP contribution in [-0.2, 0) is 13.5 Å². The van der Waals surface area contributed by atoms with Crippen LogP contribution in [0.4, 0.5) is 0 Å². The van der Waals surface area contributed by atoms with Crippen LogP contribution in [0.2, 0.25) is 0 Å². The summed E-state index contributed by atoms with van der Waals surface area (Å²) in [6.45, 7) is 2.04. The van der Waals surface area contributed by atoms with Gasteiger partial charge in [0.25, 0.3) is 0 Å². The molecular weight excluding hydrogens is 290 g/mol. The molecule has 1 N–H and O–H groups in total. The number of aryl methyl sites for hydroxylation is 2. The van der Waals surface area contributed by atoms with E-state index >= 15 is 0 Å². The van der Waals surface area contributed by atoms with Crippen LogP contribution in [0.5, 0.6) is 0 Å². The van der Waals surface area contributed by atoms with Gasteiger partial charge >= 0.3 is 5.97 Å². The van der Waals surface area contributed by atoms with Crippen molar-refractivity contribution >= 4 is 28.5 Å². The van der Waals surface area contributed by atoms with Crippen molar-refractivity contribution in [2.45, 2.75) is 13.3 Å². The SMILES string of the molecule is Cc1ccc2c(C3=Cc4nccc(C(=O)O)c4C3)n(C)nc2c1. The molecular formula is C18H15N3O2. The largest absolute Gasteiger partial charge is 0.478 e. The molecule has 1 aliphatic rings. The number of carbonyl (C=O) groups is 1. The van der Waals surface area contributed by atoms with Gasteiger partial charge in [-0.2, -0.15) is 5.10 Å². The second-order valence-electron chi connectivity index (χ2n) is 5.87. The predicted molar refractivity (Wildman–Crippen MR) is 88.2 cm³/mol. The van der Waals surface area contributed by atoms with E-state index in [0.717, 1.165) is 33.4 Å². The third-order valence-corrected chi connectivity index (χ3v) is 4.29. The number of fused-ring (bicyclic) bond motifs is 2. The number of carboxylic acid groups (broad SMARTS) is 1. The van der Waals surface area contributed by atoms with Gasteiger partial charge < -0.3 is 5.11 Å². The summed E-state index contributed by atoms with van der Waals surface area (Å²) in [7, 11) is 1.92. The monoisotopic (exact) mass is 305 g/mol. The van der Waals surface area contributed by atoms with Crippen LogP contribution in [0.15, 0.2) is 30.5 Å². The second kappa shape index (κ2) is 4.78. The molecule has 0 bridgehead atoms. The maximum absolute atomic E-state index is 11.4. The van der Waals surface area contributed by atoms with Crippen LogP contribution in [0, 0.1) is 6.92 Å². The Hall–Kier alpha value is -2.95. The summed E-state index contributed by atoms with van der Waals surface area (Å²) in [5.74, 6) is -0.913. The number of pyridine rings is 1. The number of rotatable bonds is 2. The first kappa shape index (κ1) is 13.7. The van der Waals surface area contributed by atoms with Gasteiger partial charge in [-0.15, -0.1) is 0 Å². The maximum atomic E-state index is 11.4. The smallest absolute Gasteiger partial charge is 0.336 e. The van der Waals surface area contributed by atoms with Gasteiger partial charge in [0, 0.05) is 25.1 Å². The van der Waals surface area contributed by atoms with E-state index in [1.54, 1.807) is 12.3 Å². The van der Waals surface area contributed by atoms with Crippen LogP contribution in [-0.4, -0.2) is 25.8 Å². The van der Waals surface area contributed by atoms with Crippen molar-refractivity contribution in [3.63, 3.8) is 0 Å². The van der Waals surface area contributed by atoms with Crippen LogP contribution < -0.4 is 0 Å². The van der Waals surface area contributed by atoms with Crippen molar-refractivity contribution in [2.24, 2.45) is 7.05 Å². The Kier molecular flexibility index (Phi) is 2.84. The van der Waals surface area contributed by atoms with E-state index < -0.39 is 5.97 Å². The first-order chi connectivity index (χ1) is 11.0. The van der Waals surface area contributed by atoms with Crippen molar-refractivity contribution in [1.82, 2.24) is 14.8 Å². The van der Waals surface area contributed by atoms with E-state index in [0.29, 0.717) is 12.0 Å². The third kappa shape index (κ3) is 2.04. The first-order valence-corrected chi connectivity index (χ1v) is 7.40. The van der Waals surface area contributed by atoms with E-state index in [1.807, 2.05) is 24.7 Å². The summed E-state index contributed by atoms with van der Waals surface area (Å²) >= 11 is 0. The zero-order chi connectivity index (χ0) is 16.1. The average molecular weight is 305 g/mol. The molecule has 23 heavy (non-hydrogen) atoms. The standard InChI is InChI=1S/C18H15N3O2/c1-10-3-4-13-16(7-10)20-21(2)17(13)11-8-14-12(18(22)23)5-6-19-15(14)9-11/h3-7,9H,8H2,1-2H3,(H,22,23). The van der Waals surface area contributed by atoms with E-state index in [2.05, 4.69) is 28.3 Å². The molecule has 0 saturated carbocycles. The summed E-state index contributed by atoms with van der Waals surface area (Å²) in [4.78, 5) is 15.7. The number of allylic oxidation sites excluding steroid dienone is 1. The molecule has 1 aromatic carbocycles. The van der Waals surface area contributed by atoms with Gasteiger partial charge in [-0.1, -0.05) is 12.1 Å². The molecule has 2 heterocycles. The minimum Gasteiger partial charge on any atom is -0.478 e. The highest BCUT2D eigenvalue weighted by molar-refractivity contribution is 6.00. The van der Waals surface area contributed by atoms with E-state index in [9.17, 15) is 9.90 Å². The molecule has 2 aromatic heterocycles. The van der Waals surface area contributed by atoms with Gasteiger partial charge in [-0.3, -0.25) is 9.67 Å². The minimum absolute atomic E-state index is 0.323. The molecule has 0 unspecified atom stereocenters. The van der Waals surface area contributed by atoms with E-state index in [-0.39, 0.29) is 0 Å². The Morgan fingerprint density at radius 3 is 2.91 bits per heavy atom. The zero-order valence-corrected chi connectivity index (χ0v) is 12.9. The Labute approximate surface area is 132 Å². The van der Waals surface area contributed by atoms with E-state index in [1.165, 1.54) is 5.56 Å². The number of aromatic nitrogens is 3. The molecule has 5 heteroatoms. The van der Waals surface area contributed by atoms with Gasteiger partial charge in [0.1, 0.15) is 0 Å². The molecule has 0 amide bonds. The highest BCUT2D eigenvalue weighted by Gasteiger charge is 2.24. The summed E-state index contributed by atoms with van der Waals surface area (Å²) in [5.41, 5.74) is 6.03. The number of benzene rings is 1. The van der Waals surface area contributed by atoms with Crippen molar-refractivity contribution < 1.29 is 9.90 Å². The fourth-order valence-corrected chi connectivity index (χ4v) is 3.27. The Morgan fingerprint density at radius 1 is 1.30 bits per heavy atom. The van der Waals surface area contributed by atoms with E-state index in [4.69, 9.17) is 0 Å². The molecule has 4 rings (SSSR count). The molecule has 114 valence electrons. The second-order valence-corrected chi connectivity index (χ2v) is 5.87. The van der Waals surface area contributed by atoms with Gasteiger partial charge in [-0.25, -0.2) is 4.79 Å². The van der Waals surface area contributed by atoms with Crippen molar-refractivity contribution in [3.05, 3.63) is 58.5 Å². The molecule has 0 spiro atoms. The molecule has 1 aliphatic carbocycles. The predicted octanol–water partition coefficient (Wildman–Crippen LogP) is 3.07. The Bertz CT molecular complexity index is 999. The van der Waals surface area contributed by atoms with Crippen molar-refractivity contribution in [1.29, 1.82) is 0 Å².